The minimum atomic E-state index is -0.138. The Balaban J connectivity index is 1.62. The molecule has 0 aliphatic heterocycles. The fraction of sp³-hybridized carbons (Fsp3) is 0.125. The van der Waals surface area contributed by atoms with E-state index in [-0.39, 0.29) is 11.7 Å². The highest BCUT2D eigenvalue weighted by Gasteiger charge is 2.15. The van der Waals surface area contributed by atoms with Crippen LogP contribution in [0.25, 0.3) is 0 Å². The zero-order valence-corrected chi connectivity index (χ0v) is 13.4. The van der Waals surface area contributed by atoms with E-state index in [0.29, 0.717) is 22.1 Å². The minimum Gasteiger partial charge on any atom is -0.461 e. The molecule has 22 heavy (non-hydrogen) atoms. The van der Waals surface area contributed by atoms with Crippen LogP contribution in [-0.4, -0.2) is 11.7 Å². The predicted molar refractivity (Wildman–Crippen MR) is 86.7 cm³/mol. The zero-order chi connectivity index (χ0) is 15.5. The van der Waals surface area contributed by atoms with Gasteiger partial charge in [-0.2, -0.15) is 0 Å². The first kappa shape index (κ1) is 14.7. The van der Waals surface area contributed by atoms with E-state index >= 15 is 0 Å². The quantitative estimate of drug-likeness (QED) is 0.722. The third-order valence-electron chi connectivity index (χ3n) is 3.01. The highest BCUT2D eigenvalue weighted by molar-refractivity contribution is 7.14. The monoisotopic (exact) mass is 331 g/mol. The molecule has 3 heterocycles. The summed E-state index contributed by atoms with van der Waals surface area (Å²) in [5, 5.41) is 4.81. The molecule has 0 aromatic carbocycles. The van der Waals surface area contributed by atoms with E-state index in [2.05, 4.69) is 5.32 Å². The van der Waals surface area contributed by atoms with Gasteiger partial charge in [0.15, 0.2) is 5.76 Å². The second-order valence-corrected chi connectivity index (χ2v) is 6.82. The van der Waals surface area contributed by atoms with Gasteiger partial charge in [-0.1, -0.05) is 0 Å². The number of rotatable bonds is 5. The number of aryl methyl sites for hydroxylation is 1. The van der Waals surface area contributed by atoms with Crippen molar-refractivity contribution in [1.82, 2.24) is 5.32 Å². The van der Waals surface area contributed by atoms with Crippen LogP contribution in [0.5, 0.6) is 0 Å². The molecule has 3 rings (SSSR count). The molecule has 0 saturated heterocycles. The number of carbonyl (C=O) groups excluding carboxylic acids is 2. The van der Waals surface area contributed by atoms with Crippen molar-refractivity contribution in [3.8, 4) is 0 Å². The van der Waals surface area contributed by atoms with E-state index in [1.54, 1.807) is 18.2 Å². The molecule has 0 radical (unpaired) electrons. The summed E-state index contributed by atoms with van der Waals surface area (Å²) in [6.07, 6.45) is 1.48. The van der Waals surface area contributed by atoms with Gasteiger partial charge in [-0.15, -0.1) is 22.7 Å². The maximum atomic E-state index is 12.1. The van der Waals surface area contributed by atoms with Crippen molar-refractivity contribution < 1.29 is 14.0 Å². The Kier molecular flexibility index (Phi) is 4.22. The highest BCUT2D eigenvalue weighted by atomic mass is 32.1. The van der Waals surface area contributed by atoms with Gasteiger partial charge >= 0.3 is 0 Å². The fourth-order valence-corrected chi connectivity index (χ4v) is 3.64. The predicted octanol–water partition coefficient (Wildman–Crippen LogP) is 3.87. The van der Waals surface area contributed by atoms with Gasteiger partial charge in [-0.05, 0) is 48.2 Å². The van der Waals surface area contributed by atoms with Crippen LogP contribution in [0.1, 0.15) is 35.5 Å². The molecule has 0 unspecified atom stereocenters. The van der Waals surface area contributed by atoms with Crippen LogP contribution in [-0.2, 0) is 6.54 Å². The lowest BCUT2D eigenvalue weighted by molar-refractivity contribution is 0.0954. The molecule has 0 fully saturated rings. The van der Waals surface area contributed by atoms with Gasteiger partial charge in [-0.3, -0.25) is 9.59 Å². The van der Waals surface area contributed by atoms with Crippen LogP contribution in [0.3, 0.4) is 0 Å². The Morgan fingerprint density at radius 3 is 2.77 bits per heavy atom. The number of ketones is 1. The third kappa shape index (κ3) is 3.18. The van der Waals surface area contributed by atoms with Gasteiger partial charge in [-0.25, -0.2) is 0 Å². The number of hydrogen-bond acceptors (Lipinski definition) is 5. The Bertz CT molecular complexity index is 799. The van der Waals surface area contributed by atoms with Gasteiger partial charge in [0.2, 0.25) is 5.78 Å². The molecule has 0 aliphatic carbocycles. The van der Waals surface area contributed by atoms with E-state index < -0.39 is 0 Å². The number of nitrogens with one attached hydrogen (secondary N) is 1. The van der Waals surface area contributed by atoms with Crippen molar-refractivity contribution in [2.24, 2.45) is 0 Å². The van der Waals surface area contributed by atoms with Gasteiger partial charge in [0.25, 0.3) is 5.91 Å². The van der Waals surface area contributed by atoms with Gasteiger partial charge in [0.05, 0.1) is 22.6 Å². The number of amides is 1. The molecule has 1 amide bonds. The van der Waals surface area contributed by atoms with Crippen molar-refractivity contribution in [2.45, 2.75) is 13.5 Å². The van der Waals surface area contributed by atoms with Crippen molar-refractivity contribution in [3.05, 3.63) is 67.9 Å². The van der Waals surface area contributed by atoms with Crippen molar-refractivity contribution in [1.29, 1.82) is 0 Å². The summed E-state index contributed by atoms with van der Waals surface area (Å²) < 4.78 is 5.11. The van der Waals surface area contributed by atoms with Crippen LogP contribution in [0.4, 0.5) is 0 Å². The van der Waals surface area contributed by atoms with Crippen molar-refractivity contribution in [3.63, 3.8) is 0 Å². The van der Waals surface area contributed by atoms with E-state index in [1.807, 2.05) is 24.4 Å². The molecular formula is C16H13NO3S2. The topological polar surface area (TPSA) is 59.3 Å². The lowest BCUT2D eigenvalue weighted by atomic mass is 10.2. The zero-order valence-electron chi connectivity index (χ0n) is 11.8. The summed E-state index contributed by atoms with van der Waals surface area (Å²) in [4.78, 5) is 26.3. The first-order valence-electron chi connectivity index (χ1n) is 6.64. The molecule has 112 valence electrons. The normalized spacial score (nSPS) is 10.6. The van der Waals surface area contributed by atoms with Crippen LogP contribution in [0, 0.1) is 6.92 Å². The summed E-state index contributed by atoms with van der Waals surface area (Å²) in [6.45, 7) is 2.37. The summed E-state index contributed by atoms with van der Waals surface area (Å²) in [5.41, 5.74) is 1.08. The van der Waals surface area contributed by atoms with Crippen LogP contribution >= 0.6 is 22.7 Å². The second kappa shape index (κ2) is 6.29. The smallest absolute Gasteiger partial charge is 0.261 e. The molecule has 4 nitrogen and oxygen atoms in total. The lowest BCUT2D eigenvalue weighted by Crippen LogP contribution is -2.21. The molecule has 0 bridgehead atoms. The number of carbonyl (C=O) groups is 2. The number of hydrogen-bond donors (Lipinski definition) is 1. The largest absolute Gasteiger partial charge is 0.461 e. The Labute approximate surface area is 135 Å². The number of furan rings is 1. The molecule has 0 atom stereocenters. The lowest BCUT2D eigenvalue weighted by Gasteiger charge is -2.00. The minimum absolute atomic E-state index is 0.0922. The van der Waals surface area contributed by atoms with E-state index in [9.17, 15) is 9.59 Å². The molecule has 6 heteroatoms. The maximum Gasteiger partial charge on any atom is 0.261 e. The summed E-state index contributed by atoms with van der Waals surface area (Å²) in [7, 11) is 0. The molecule has 0 saturated carbocycles. The Hall–Kier alpha value is -2.18. The number of thiophene rings is 2. The standard InChI is InChI=1S/C16H13NO3S2/c1-10-7-14(21-9-10)16(19)17-8-11-4-5-13(22-11)15(18)12-3-2-6-20-12/h2-7,9H,8H2,1H3,(H,17,19). The van der Waals surface area contributed by atoms with E-state index in [0.717, 1.165) is 10.4 Å². The summed E-state index contributed by atoms with van der Waals surface area (Å²) >= 11 is 2.79. The van der Waals surface area contributed by atoms with Crippen LogP contribution in [0.15, 0.2) is 46.4 Å². The maximum absolute atomic E-state index is 12.1. The van der Waals surface area contributed by atoms with Gasteiger partial charge in [0.1, 0.15) is 0 Å². The Morgan fingerprint density at radius 1 is 1.23 bits per heavy atom. The Morgan fingerprint density at radius 2 is 2.09 bits per heavy atom. The summed E-state index contributed by atoms with van der Waals surface area (Å²) in [5.74, 6) is 0.0957. The van der Waals surface area contributed by atoms with Crippen molar-refractivity contribution >= 4 is 34.4 Å². The van der Waals surface area contributed by atoms with E-state index in [1.165, 1.54) is 28.9 Å². The van der Waals surface area contributed by atoms with Crippen LogP contribution < -0.4 is 5.32 Å². The second-order valence-electron chi connectivity index (χ2n) is 4.74. The molecule has 3 aromatic rings. The van der Waals surface area contributed by atoms with Gasteiger partial charge < -0.3 is 9.73 Å². The first-order chi connectivity index (χ1) is 10.6. The first-order valence-corrected chi connectivity index (χ1v) is 8.33. The average molecular weight is 331 g/mol. The van der Waals surface area contributed by atoms with Gasteiger partial charge in [0, 0.05) is 4.88 Å². The molecule has 1 N–H and O–H groups in total. The van der Waals surface area contributed by atoms with Crippen LogP contribution in [0.2, 0.25) is 0 Å². The molecule has 3 aromatic heterocycles. The average Bonchev–Trinajstić information content (AvgIpc) is 3.25. The third-order valence-corrected chi connectivity index (χ3v) is 5.14. The SMILES string of the molecule is Cc1csc(C(=O)NCc2ccc(C(=O)c3ccco3)s2)c1. The fourth-order valence-electron chi connectivity index (χ4n) is 1.93. The molecule has 0 aliphatic rings. The van der Waals surface area contributed by atoms with Crippen molar-refractivity contribution in [2.75, 3.05) is 0 Å². The molecule has 0 spiro atoms. The van der Waals surface area contributed by atoms with E-state index in [4.69, 9.17) is 4.42 Å². The summed E-state index contributed by atoms with van der Waals surface area (Å²) in [6, 6.07) is 8.79. The molecular weight excluding hydrogens is 318 g/mol. The highest BCUT2D eigenvalue weighted by Crippen LogP contribution is 2.21.